The van der Waals surface area contributed by atoms with Gasteiger partial charge in [0, 0.05) is 17.9 Å². The molecular weight excluding hydrogens is 396 g/mol. The zero-order valence-electron chi connectivity index (χ0n) is 17.5. The molecule has 2 atom stereocenters. The van der Waals surface area contributed by atoms with Crippen molar-refractivity contribution in [1.82, 2.24) is 0 Å². The summed E-state index contributed by atoms with van der Waals surface area (Å²) in [6.07, 6.45) is 3.70. The number of aliphatic carboxylic acids is 2. The summed E-state index contributed by atoms with van der Waals surface area (Å²) in [5.41, 5.74) is -3.84. The van der Waals surface area contributed by atoms with Crippen molar-refractivity contribution < 1.29 is 44.3 Å². The fraction of sp³-hybridized carbons (Fsp3) is 0.524. The Balaban J connectivity index is 3.08. The van der Waals surface area contributed by atoms with Crippen LogP contribution in [0.5, 0.6) is 0 Å². The summed E-state index contributed by atoms with van der Waals surface area (Å²) in [6.45, 7) is 5.43. The van der Waals surface area contributed by atoms with Gasteiger partial charge < -0.3 is 25.2 Å². The first-order valence-corrected chi connectivity index (χ1v) is 9.25. The van der Waals surface area contributed by atoms with Crippen molar-refractivity contribution in [2.75, 3.05) is 6.61 Å². The lowest BCUT2D eigenvalue weighted by Gasteiger charge is -2.45. The Morgan fingerprint density at radius 2 is 1.77 bits per heavy atom. The van der Waals surface area contributed by atoms with Gasteiger partial charge in [-0.2, -0.15) is 0 Å². The topological polar surface area (TPSA) is 158 Å². The van der Waals surface area contributed by atoms with Crippen LogP contribution < -0.4 is 0 Å². The highest BCUT2D eigenvalue weighted by molar-refractivity contribution is 5.93. The third-order valence-corrected chi connectivity index (χ3v) is 5.14. The van der Waals surface area contributed by atoms with E-state index in [2.05, 4.69) is 0 Å². The van der Waals surface area contributed by atoms with Gasteiger partial charge in [0.25, 0.3) is 0 Å². The van der Waals surface area contributed by atoms with E-state index in [1.165, 1.54) is 32.1 Å². The highest BCUT2D eigenvalue weighted by Gasteiger charge is 2.49. The minimum atomic E-state index is -1.73. The third kappa shape index (κ3) is 6.11. The molecule has 2 unspecified atom stereocenters. The molecule has 0 aromatic heterocycles. The zero-order chi connectivity index (χ0) is 23.3. The van der Waals surface area contributed by atoms with Crippen molar-refractivity contribution in [2.24, 2.45) is 5.41 Å². The van der Waals surface area contributed by atoms with Crippen LogP contribution in [-0.4, -0.2) is 61.9 Å². The second kappa shape index (κ2) is 9.36. The van der Waals surface area contributed by atoms with E-state index >= 15 is 0 Å². The second-order valence-corrected chi connectivity index (χ2v) is 8.19. The molecule has 0 heterocycles. The zero-order valence-corrected chi connectivity index (χ0v) is 17.5. The molecule has 0 saturated carbocycles. The monoisotopic (exact) mass is 424 g/mol. The number of rotatable bonds is 9. The summed E-state index contributed by atoms with van der Waals surface area (Å²) >= 11 is 0. The van der Waals surface area contributed by atoms with Crippen LogP contribution in [0.25, 0.3) is 0 Å². The Kier molecular flexibility index (Phi) is 7.88. The molecular formula is C21H28O9. The summed E-state index contributed by atoms with van der Waals surface area (Å²) in [4.78, 5) is 45.9. The summed E-state index contributed by atoms with van der Waals surface area (Å²) in [5, 5.41) is 38.7. The van der Waals surface area contributed by atoms with Gasteiger partial charge >= 0.3 is 17.9 Å². The van der Waals surface area contributed by atoms with Crippen LogP contribution in [-0.2, 0) is 23.9 Å². The van der Waals surface area contributed by atoms with Crippen LogP contribution in [0, 0.1) is 5.41 Å². The molecule has 9 nitrogen and oxygen atoms in total. The number of hydrogen-bond acceptors (Lipinski definition) is 7. The third-order valence-electron chi connectivity index (χ3n) is 5.14. The molecule has 0 aromatic carbocycles. The predicted octanol–water partition coefficient (Wildman–Crippen LogP) is 1.39. The summed E-state index contributed by atoms with van der Waals surface area (Å²) in [7, 11) is 0. The number of ether oxygens (including phenoxy) is 1. The van der Waals surface area contributed by atoms with E-state index in [0.29, 0.717) is 11.1 Å². The van der Waals surface area contributed by atoms with Crippen LogP contribution in [0.4, 0.5) is 0 Å². The van der Waals surface area contributed by atoms with Crippen molar-refractivity contribution in [2.45, 2.75) is 58.2 Å². The van der Waals surface area contributed by atoms with E-state index in [0.717, 1.165) is 6.08 Å². The van der Waals surface area contributed by atoms with Crippen molar-refractivity contribution in [1.29, 1.82) is 0 Å². The number of allylic oxidation sites excluding steroid dienone is 3. The second-order valence-electron chi connectivity index (χ2n) is 8.19. The highest BCUT2D eigenvalue weighted by atomic mass is 16.6. The van der Waals surface area contributed by atoms with E-state index in [1.807, 2.05) is 0 Å². The molecule has 0 aromatic rings. The average molecular weight is 424 g/mol. The van der Waals surface area contributed by atoms with Crippen LogP contribution in [0.1, 0.15) is 47.0 Å². The number of carbonyl (C=O) groups excluding carboxylic acids is 2. The Morgan fingerprint density at radius 3 is 2.23 bits per heavy atom. The number of aliphatic hydroxyl groups excluding tert-OH is 1. The molecule has 0 amide bonds. The molecule has 9 heteroatoms. The molecule has 0 spiro atoms. The lowest BCUT2D eigenvalue weighted by molar-refractivity contribution is -0.162. The Hall–Kier alpha value is -2.78. The SMILES string of the molecule is CC(C=CC1(O)C(C)=CC(=O)CC1(C)CO)=CC(=O)OC(C)(CC(=O)O)CC(=O)O. The van der Waals surface area contributed by atoms with Gasteiger partial charge in [0.2, 0.25) is 0 Å². The molecule has 166 valence electrons. The first-order chi connectivity index (χ1) is 13.7. The lowest BCUT2D eigenvalue weighted by atomic mass is 9.64. The van der Waals surface area contributed by atoms with Gasteiger partial charge in [-0.1, -0.05) is 13.0 Å². The quantitative estimate of drug-likeness (QED) is 0.244. The van der Waals surface area contributed by atoms with Crippen molar-refractivity contribution in [3.8, 4) is 0 Å². The van der Waals surface area contributed by atoms with Gasteiger partial charge in [-0.05, 0) is 44.1 Å². The van der Waals surface area contributed by atoms with E-state index in [4.69, 9.17) is 14.9 Å². The molecule has 30 heavy (non-hydrogen) atoms. The van der Waals surface area contributed by atoms with Gasteiger partial charge in [0.05, 0.1) is 19.4 Å². The molecule has 0 fully saturated rings. The van der Waals surface area contributed by atoms with Gasteiger partial charge in [0.15, 0.2) is 5.78 Å². The average Bonchev–Trinajstić information content (AvgIpc) is 2.55. The number of hydrogen-bond donors (Lipinski definition) is 4. The normalized spacial score (nSPS) is 25.2. The van der Waals surface area contributed by atoms with Crippen LogP contribution in [0.3, 0.4) is 0 Å². The van der Waals surface area contributed by atoms with Gasteiger partial charge in [-0.15, -0.1) is 0 Å². The molecule has 4 N–H and O–H groups in total. The van der Waals surface area contributed by atoms with Crippen molar-refractivity contribution >= 4 is 23.7 Å². The Morgan fingerprint density at radius 1 is 1.23 bits per heavy atom. The largest absolute Gasteiger partial charge is 0.481 e. The molecule has 0 bridgehead atoms. The van der Waals surface area contributed by atoms with E-state index < -0.39 is 54.0 Å². The molecule has 1 aliphatic rings. The van der Waals surface area contributed by atoms with Crippen LogP contribution in [0.2, 0.25) is 0 Å². The Labute approximate surface area is 174 Å². The Bertz CT molecular complexity index is 804. The molecule has 0 radical (unpaired) electrons. The number of carboxylic acids is 2. The molecule has 0 saturated heterocycles. The maximum Gasteiger partial charge on any atom is 0.331 e. The summed E-state index contributed by atoms with van der Waals surface area (Å²) < 4.78 is 5.08. The van der Waals surface area contributed by atoms with Crippen LogP contribution >= 0.6 is 0 Å². The van der Waals surface area contributed by atoms with E-state index in [9.17, 15) is 29.4 Å². The van der Waals surface area contributed by atoms with Gasteiger partial charge in [-0.25, -0.2) is 4.79 Å². The van der Waals surface area contributed by atoms with Gasteiger partial charge in [-0.3, -0.25) is 14.4 Å². The van der Waals surface area contributed by atoms with E-state index in [1.54, 1.807) is 13.8 Å². The number of esters is 1. The number of aliphatic hydroxyl groups is 2. The molecule has 1 rings (SSSR count). The first-order valence-electron chi connectivity index (χ1n) is 9.25. The number of carbonyl (C=O) groups is 4. The summed E-state index contributed by atoms with van der Waals surface area (Å²) in [6, 6.07) is 0. The van der Waals surface area contributed by atoms with Gasteiger partial charge in [0.1, 0.15) is 11.2 Å². The smallest absolute Gasteiger partial charge is 0.331 e. The van der Waals surface area contributed by atoms with Crippen molar-refractivity contribution in [3.63, 3.8) is 0 Å². The minimum absolute atomic E-state index is 0.0603. The number of carboxylic acid groups (broad SMARTS) is 2. The standard InChI is InChI=1S/C21H28O9/c1-13(7-18(28)30-20(4,10-16(24)25)11-17(26)27)5-6-21(29)14(2)8-15(23)9-19(21,3)12-22/h5-8,22,29H,9-12H2,1-4H3,(H,24,25)(H,26,27). The summed E-state index contributed by atoms with van der Waals surface area (Å²) in [5.74, 6) is -3.78. The predicted molar refractivity (Wildman–Crippen MR) is 105 cm³/mol. The fourth-order valence-electron chi connectivity index (χ4n) is 3.44. The molecule has 1 aliphatic carbocycles. The fourth-order valence-corrected chi connectivity index (χ4v) is 3.44. The van der Waals surface area contributed by atoms with E-state index in [-0.39, 0.29) is 12.2 Å². The van der Waals surface area contributed by atoms with Crippen molar-refractivity contribution in [3.05, 3.63) is 35.5 Å². The maximum absolute atomic E-state index is 12.2. The molecule has 0 aliphatic heterocycles. The highest BCUT2D eigenvalue weighted by Crippen LogP contribution is 2.44. The maximum atomic E-state index is 12.2. The lowest BCUT2D eigenvalue weighted by Crippen LogP contribution is -2.52. The van der Waals surface area contributed by atoms with Crippen LogP contribution in [0.15, 0.2) is 35.5 Å². The first kappa shape index (κ1) is 25.3. The number of ketones is 1. The minimum Gasteiger partial charge on any atom is -0.481 e.